The molecule has 2 saturated heterocycles. The van der Waals surface area contributed by atoms with Gasteiger partial charge in [0, 0.05) is 18.5 Å². The highest BCUT2D eigenvalue weighted by Gasteiger charge is 2.43. The van der Waals surface area contributed by atoms with E-state index in [0.29, 0.717) is 0 Å². The molecule has 3 heteroatoms. The molecule has 1 spiro atoms. The molecule has 12 heavy (non-hydrogen) atoms. The second kappa shape index (κ2) is 2.98. The Kier molecular flexibility index (Phi) is 2.10. The first-order chi connectivity index (χ1) is 5.73. The van der Waals surface area contributed by atoms with E-state index in [1.807, 2.05) is 0 Å². The summed E-state index contributed by atoms with van der Waals surface area (Å²) in [6, 6.07) is 0. The maximum Gasteiger partial charge on any atom is 0.0633 e. The standard InChI is InChI=1S/C9H18N2O/c1-11-5-3-9(7-11)6-10-4-2-8(9)12/h8,10,12H,2-7H2,1H3. The summed E-state index contributed by atoms with van der Waals surface area (Å²) in [4.78, 5) is 2.32. The number of hydrogen-bond donors (Lipinski definition) is 2. The van der Waals surface area contributed by atoms with Crippen molar-refractivity contribution < 1.29 is 5.11 Å². The van der Waals surface area contributed by atoms with Crippen LogP contribution in [0.25, 0.3) is 0 Å². The van der Waals surface area contributed by atoms with Gasteiger partial charge < -0.3 is 15.3 Å². The van der Waals surface area contributed by atoms with E-state index in [0.717, 1.165) is 39.0 Å². The fourth-order valence-corrected chi connectivity index (χ4v) is 2.53. The van der Waals surface area contributed by atoms with Crippen molar-refractivity contribution in [2.24, 2.45) is 5.41 Å². The molecule has 0 aromatic carbocycles. The van der Waals surface area contributed by atoms with Crippen LogP contribution in [0.5, 0.6) is 0 Å². The molecule has 0 amide bonds. The smallest absolute Gasteiger partial charge is 0.0633 e. The van der Waals surface area contributed by atoms with E-state index in [-0.39, 0.29) is 11.5 Å². The summed E-state index contributed by atoms with van der Waals surface area (Å²) in [6.45, 7) is 4.17. The van der Waals surface area contributed by atoms with Crippen LogP contribution in [-0.2, 0) is 0 Å². The van der Waals surface area contributed by atoms with Crippen molar-refractivity contribution in [1.29, 1.82) is 0 Å². The van der Waals surface area contributed by atoms with Crippen LogP contribution >= 0.6 is 0 Å². The highest BCUT2D eigenvalue weighted by molar-refractivity contribution is 4.98. The Morgan fingerprint density at radius 1 is 1.58 bits per heavy atom. The van der Waals surface area contributed by atoms with E-state index >= 15 is 0 Å². The van der Waals surface area contributed by atoms with Crippen LogP contribution in [0.15, 0.2) is 0 Å². The van der Waals surface area contributed by atoms with Crippen molar-refractivity contribution in [3.63, 3.8) is 0 Å². The zero-order chi connectivity index (χ0) is 8.60. The lowest BCUT2D eigenvalue weighted by Crippen LogP contribution is -2.51. The minimum Gasteiger partial charge on any atom is -0.392 e. The van der Waals surface area contributed by atoms with E-state index in [2.05, 4.69) is 17.3 Å². The zero-order valence-corrected chi connectivity index (χ0v) is 7.71. The van der Waals surface area contributed by atoms with Gasteiger partial charge in [0.1, 0.15) is 0 Å². The van der Waals surface area contributed by atoms with E-state index in [1.165, 1.54) is 0 Å². The third-order valence-electron chi connectivity index (χ3n) is 3.35. The molecule has 3 nitrogen and oxygen atoms in total. The minimum absolute atomic E-state index is 0.0799. The van der Waals surface area contributed by atoms with Gasteiger partial charge in [0.2, 0.25) is 0 Å². The third kappa shape index (κ3) is 1.26. The van der Waals surface area contributed by atoms with Gasteiger partial charge in [-0.05, 0) is 33.0 Å². The molecule has 2 atom stereocenters. The molecule has 2 fully saturated rings. The number of nitrogens with zero attached hydrogens (tertiary/aromatic N) is 1. The number of hydrogen-bond acceptors (Lipinski definition) is 3. The summed E-state index contributed by atoms with van der Waals surface area (Å²) < 4.78 is 0. The first kappa shape index (κ1) is 8.48. The summed E-state index contributed by atoms with van der Waals surface area (Å²) in [5, 5.41) is 13.3. The molecule has 0 radical (unpaired) electrons. The van der Waals surface area contributed by atoms with Crippen molar-refractivity contribution in [3.05, 3.63) is 0 Å². The van der Waals surface area contributed by atoms with Crippen molar-refractivity contribution in [3.8, 4) is 0 Å². The molecule has 0 aromatic heterocycles. The first-order valence-electron chi connectivity index (χ1n) is 4.80. The van der Waals surface area contributed by atoms with E-state index in [4.69, 9.17) is 0 Å². The number of piperidine rings is 1. The Bertz CT molecular complexity index is 170. The lowest BCUT2D eigenvalue weighted by Gasteiger charge is -2.38. The number of likely N-dealkylation sites (tertiary alicyclic amines) is 1. The fraction of sp³-hybridized carbons (Fsp3) is 1.00. The lowest BCUT2D eigenvalue weighted by molar-refractivity contribution is 0.00703. The largest absolute Gasteiger partial charge is 0.392 e. The number of aliphatic hydroxyl groups excluding tert-OH is 1. The maximum absolute atomic E-state index is 9.91. The lowest BCUT2D eigenvalue weighted by atomic mass is 9.77. The Morgan fingerprint density at radius 3 is 3.00 bits per heavy atom. The number of nitrogens with one attached hydrogen (secondary N) is 1. The van der Waals surface area contributed by atoms with Crippen LogP contribution in [0.1, 0.15) is 12.8 Å². The van der Waals surface area contributed by atoms with Gasteiger partial charge in [-0.3, -0.25) is 0 Å². The monoisotopic (exact) mass is 170 g/mol. The maximum atomic E-state index is 9.91. The predicted molar refractivity (Wildman–Crippen MR) is 48.0 cm³/mol. The first-order valence-corrected chi connectivity index (χ1v) is 4.80. The van der Waals surface area contributed by atoms with Gasteiger partial charge in [0.15, 0.2) is 0 Å². The molecule has 0 aromatic rings. The normalized spacial score (nSPS) is 44.0. The fourth-order valence-electron chi connectivity index (χ4n) is 2.53. The molecule has 2 aliphatic heterocycles. The third-order valence-corrected chi connectivity index (χ3v) is 3.35. The van der Waals surface area contributed by atoms with Crippen molar-refractivity contribution in [1.82, 2.24) is 10.2 Å². The predicted octanol–water partition coefficient (Wildman–Crippen LogP) is -0.338. The van der Waals surface area contributed by atoms with E-state index in [1.54, 1.807) is 0 Å². The second-order valence-corrected chi connectivity index (χ2v) is 4.33. The SMILES string of the molecule is CN1CCC2(CNCCC2O)C1. The molecule has 0 saturated carbocycles. The molecule has 2 N–H and O–H groups in total. The molecule has 2 aliphatic rings. The number of aliphatic hydroxyl groups is 1. The zero-order valence-electron chi connectivity index (χ0n) is 7.71. The van der Waals surface area contributed by atoms with Gasteiger partial charge in [-0.25, -0.2) is 0 Å². The summed E-state index contributed by atoms with van der Waals surface area (Å²) in [5.41, 5.74) is 0.174. The average Bonchev–Trinajstić information content (AvgIpc) is 2.41. The van der Waals surface area contributed by atoms with Crippen LogP contribution in [-0.4, -0.2) is 49.3 Å². The van der Waals surface area contributed by atoms with Crippen molar-refractivity contribution >= 4 is 0 Å². The van der Waals surface area contributed by atoms with Gasteiger partial charge in [0.05, 0.1) is 6.10 Å². The van der Waals surface area contributed by atoms with E-state index < -0.39 is 0 Å². The molecule has 2 rings (SSSR count). The van der Waals surface area contributed by atoms with Crippen molar-refractivity contribution in [2.45, 2.75) is 18.9 Å². The van der Waals surface area contributed by atoms with Gasteiger partial charge in [0.25, 0.3) is 0 Å². The summed E-state index contributed by atoms with van der Waals surface area (Å²) in [7, 11) is 2.13. The summed E-state index contributed by atoms with van der Waals surface area (Å²) >= 11 is 0. The summed E-state index contributed by atoms with van der Waals surface area (Å²) in [5.74, 6) is 0. The molecule has 0 bridgehead atoms. The Labute approximate surface area is 73.8 Å². The van der Waals surface area contributed by atoms with Crippen molar-refractivity contribution in [2.75, 3.05) is 33.2 Å². The molecule has 0 aliphatic carbocycles. The molecule has 70 valence electrons. The summed E-state index contributed by atoms with van der Waals surface area (Å²) in [6.07, 6.45) is 1.99. The van der Waals surface area contributed by atoms with Crippen LogP contribution in [0.3, 0.4) is 0 Å². The minimum atomic E-state index is -0.0799. The molecule has 2 unspecified atom stereocenters. The van der Waals surface area contributed by atoms with Crippen LogP contribution in [0, 0.1) is 5.41 Å². The highest BCUT2D eigenvalue weighted by atomic mass is 16.3. The van der Waals surface area contributed by atoms with Gasteiger partial charge in [-0.2, -0.15) is 0 Å². The van der Waals surface area contributed by atoms with Crippen LogP contribution < -0.4 is 5.32 Å². The quantitative estimate of drug-likeness (QED) is 0.522. The second-order valence-electron chi connectivity index (χ2n) is 4.33. The Morgan fingerprint density at radius 2 is 2.42 bits per heavy atom. The van der Waals surface area contributed by atoms with Crippen LogP contribution in [0.4, 0.5) is 0 Å². The molecule has 2 heterocycles. The topological polar surface area (TPSA) is 35.5 Å². The van der Waals surface area contributed by atoms with Gasteiger partial charge in [-0.15, -0.1) is 0 Å². The van der Waals surface area contributed by atoms with Gasteiger partial charge in [-0.1, -0.05) is 0 Å². The highest BCUT2D eigenvalue weighted by Crippen LogP contribution is 2.35. The van der Waals surface area contributed by atoms with Crippen LogP contribution in [0.2, 0.25) is 0 Å². The molecular weight excluding hydrogens is 152 g/mol. The number of rotatable bonds is 0. The Hall–Kier alpha value is -0.120. The van der Waals surface area contributed by atoms with Gasteiger partial charge >= 0.3 is 0 Å². The van der Waals surface area contributed by atoms with E-state index in [9.17, 15) is 5.11 Å². The molecular formula is C9H18N2O. The average molecular weight is 170 g/mol. The Balaban J connectivity index is 2.07.